The van der Waals surface area contributed by atoms with E-state index in [0.29, 0.717) is 17.6 Å². The van der Waals surface area contributed by atoms with Crippen molar-refractivity contribution in [3.63, 3.8) is 0 Å². The number of carbonyl (C=O) groups is 2. The van der Waals surface area contributed by atoms with E-state index in [-0.39, 0.29) is 0 Å². The molecule has 1 aromatic rings. The first kappa shape index (κ1) is 12.5. The molecule has 0 aliphatic heterocycles. The van der Waals surface area contributed by atoms with Gasteiger partial charge in [0.05, 0.1) is 14.2 Å². The Labute approximate surface area is 97.4 Å². The van der Waals surface area contributed by atoms with Gasteiger partial charge in [-0.3, -0.25) is 0 Å². The predicted molar refractivity (Wildman–Crippen MR) is 59.6 cm³/mol. The van der Waals surface area contributed by atoms with Crippen molar-refractivity contribution < 1.29 is 19.4 Å². The smallest absolute Gasteiger partial charge is 0.425 e. The summed E-state index contributed by atoms with van der Waals surface area (Å²) < 4.78 is 3.72. The number of hydrogen-bond donors (Lipinski definition) is 0. The summed E-state index contributed by atoms with van der Waals surface area (Å²) in [6.07, 6.45) is -1.39. The van der Waals surface area contributed by atoms with Gasteiger partial charge in [-0.25, -0.2) is 4.79 Å². The topological polar surface area (TPSA) is 66.4 Å². The third kappa shape index (κ3) is 2.53. The Hall–Kier alpha value is -1.53. The van der Waals surface area contributed by atoms with Gasteiger partial charge in [0.1, 0.15) is 0 Å². The summed E-state index contributed by atoms with van der Waals surface area (Å²) in [4.78, 5) is 22.2. The van der Waals surface area contributed by atoms with Crippen LogP contribution in [0.1, 0.15) is 0 Å². The van der Waals surface area contributed by atoms with Crippen LogP contribution in [0.25, 0.3) is 0 Å². The van der Waals surface area contributed by atoms with E-state index in [0.717, 1.165) is 0 Å². The van der Waals surface area contributed by atoms with Crippen molar-refractivity contribution in [3.8, 4) is 0 Å². The lowest BCUT2D eigenvalue weighted by Gasteiger charge is -2.28. The van der Waals surface area contributed by atoms with Crippen LogP contribution >= 0.6 is 11.9 Å². The van der Waals surface area contributed by atoms with Gasteiger partial charge in [0.25, 0.3) is 6.09 Å². The van der Waals surface area contributed by atoms with E-state index in [1.54, 1.807) is 30.3 Å². The van der Waals surface area contributed by atoms with E-state index in [1.807, 2.05) is 0 Å². The molecule has 1 unspecified atom stereocenters. The summed E-state index contributed by atoms with van der Waals surface area (Å²) in [5, 5.41) is 10.4. The van der Waals surface area contributed by atoms with E-state index < -0.39 is 15.3 Å². The number of ether oxygens (including phenoxy) is 1. The van der Waals surface area contributed by atoms with E-state index in [4.69, 9.17) is 0 Å². The maximum atomic E-state index is 11.1. The molecule has 16 heavy (non-hydrogen) atoms. The summed E-state index contributed by atoms with van der Waals surface area (Å²) in [6.45, 7) is 0. The molecule has 6 heteroatoms. The zero-order valence-corrected chi connectivity index (χ0v) is 9.69. The largest absolute Gasteiger partial charge is 0.497 e. The van der Waals surface area contributed by atoms with Gasteiger partial charge in [-0.2, -0.15) is 3.89 Å². The second-order valence-corrected chi connectivity index (χ2v) is 4.32. The molecule has 1 atom stereocenters. The van der Waals surface area contributed by atoms with E-state index in [9.17, 15) is 14.7 Å². The molecule has 1 rings (SSSR count). The molecule has 0 radical (unpaired) electrons. The van der Waals surface area contributed by atoms with Crippen molar-refractivity contribution in [2.24, 2.45) is 0 Å². The average Bonchev–Trinajstić information content (AvgIpc) is 2.29. The Balaban J connectivity index is 3.07. The van der Waals surface area contributed by atoms with Crippen molar-refractivity contribution in [3.05, 3.63) is 30.3 Å². The minimum absolute atomic E-state index is 0.429. The highest BCUT2D eigenvalue weighted by molar-refractivity contribution is 8.13. The first-order chi connectivity index (χ1) is 7.50. The summed E-state index contributed by atoms with van der Waals surface area (Å²) in [5.41, 5.74) is 0.429. The molecule has 0 saturated heterocycles. The summed E-state index contributed by atoms with van der Waals surface area (Å²) >= 11 is 0.523. The third-order valence-electron chi connectivity index (χ3n) is 2.02. The number of carbonyl (C=O) groups excluding carboxylic acids is 2. The van der Waals surface area contributed by atoms with Gasteiger partial charge in [0.2, 0.25) is 11.9 Å². The molecule has 1 aromatic carbocycles. The lowest BCUT2D eigenvalue weighted by molar-refractivity contribution is -0.256. The number of benzene rings is 1. The highest BCUT2D eigenvalue weighted by Gasteiger charge is 2.34. The maximum Gasteiger partial charge on any atom is 0.425 e. The molecular weight excluding hydrogens is 230 g/mol. The molecular formula is C10H11NO4S. The number of methoxy groups -OCH3 is 1. The van der Waals surface area contributed by atoms with E-state index in [1.165, 1.54) is 14.2 Å². The molecule has 0 aromatic heterocycles. The van der Waals surface area contributed by atoms with Gasteiger partial charge in [0, 0.05) is 12.1 Å². The molecule has 0 heterocycles. The lowest BCUT2D eigenvalue weighted by Crippen LogP contribution is -2.52. The summed E-state index contributed by atoms with van der Waals surface area (Å²) in [5.74, 6) is 0. The fraction of sp³-hybridized carbons (Fsp3) is 0.200. The van der Waals surface area contributed by atoms with Crippen LogP contribution < -0.4 is 8.99 Å². The van der Waals surface area contributed by atoms with Crippen LogP contribution in [0.5, 0.6) is 0 Å². The molecule has 0 N–H and O–H groups in total. The zero-order chi connectivity index (χ0) is 12.2. The first-order valence-electron chi connectivity index (χ1n) is 4.42. The monoisotopic (exact) mass is 241 g/mol. The van der Waals surface area contributed by atoms with E-state index in [2.05, 4.69) is 4.74 Å². The SMILES string of the molecule is COC(=O)S[N+](C)(C(=O)[O-])c1ccccc1. The minimum atomic E-state index is -1.39. The van der Waals surface area contributed by atoms with Gasteiger partial charge < -0.3 is 14.6 Å². The second kappa shape index (κ2) is 5.00. The van der Waals surface area contributed by atoms with Crippen LogP contribution in [-0.2, 0) is 4.74 Å². The molecule has 86 valence electrons. The highest BCUT2D eigenvalue weighted by Crippen LogP contribution is 2.30. The average molecular weight is 241 g/mol. The first-order valence-corrected chi connectivity index (χ1v) is 5.19. The molecule has 0 spiro atoms. The van der Waals surface area contributed by atoms with Gasteiger partial charge in [0.15, 0.2) is 5.69 Å². The summed E-state index contributed by atoms with van der Waals surface area (Å²) in [6, 6.07) is 8.34. The van der Waals surface area contributed by atoms with Crippen LogP contribution in [0.3, 0.4) is 0 Å². The Kier molecular flexibility index (Phi) is 3.92. The number of hydrogen-bond acceptors (Lipinski definition) is 5. The van der Waals surface area contributed by atoms with Gasteiger partial charge in [-0.05, 0) is 0 Å². The Morgan fingerprint density at radius 3 is 2.31 bits per heavy atom. The van der Waals surface area contributed by atoms with E-state index >= 15 is 0 Å². The predicted octanol–water partition coefficient (Wildman–Crippen LogP) is 1.38. The minimum Gasteiger partial charge on any atom is -0.497 e. The quantitative estimate of drug-likeness (QED) is 0.422. The molecule has 0 aliphatic rings. The van der Waals surface area contributed by atoms with Gasteiger partial charge in [-0.15, -0.1) is 0 Å². The van der Waals surface area contributed by atoms with Crippen molar-refractivity contribution in [1.29, 1.82) is 0 Å². The lowest BCUT2D eigenvalue weighted by atomic mass is 10.3. The van der Waals surface area contributed by atoms with Crippen LogP contribution in [0.2, 0.25) is 0 Å². The van der Waals surface area contributed by atoms with Crippen LogP contribution in [0, 0.1) is 0 Å². The number of carboxylic acid groups (broad SMARTS) is 1. The fourth-order valence-corrected chi connectivity index (χ4v) is 1.77. The van der Waals surface area contributed by atoms with Gasteiger partial charge >= 0.3 is 5.30 Å². The standard InChI is InChI=1S/C10H11NO4S/c1-11(9(12)13,16-10(14)15-2)8-6-4-3-5-7-8/h3-7H,1-2H3. The molecule has 1 amide bonds. The number of amides is 1. The molecule has 0 fully saturated rings. The zero-order valence-electron chi connectivity index (χ0n) is 8.88. The molecule has 5 nitrogen and oxygen atoms in total. The molecule has 0 aliphatic carbocycles. The van der Waals surface area contributed by atoms with Crippen molar-refractivity contribution >= 4 is 29.0 Å². The summed E-state index contributed by atoms with van der Waals surface area (Å²) in [7, 11) is 2.55. The van der Waals surface area contributed by atoms with Crippen LogP contribution in [-0.4, -0.2) is 25.6 Å². The Morgan fingerprint density at radius 2 is 1.88 bits per heavy atom. The van der Waals surface area contributed by atoms with Crippen LogP contribution in [0.15, 0.2) is 30.3 Å². The second-order valence-electron chi connectivity index (χ2n) is 3.07. The van der Waals surface area contributed by atoms with Crippen molar-refractivity contribution in [1.82, 2.24) is 3.89 Å². The third-order valence-corrected chi connectivity index (χ3v) is 3.06. The Morgan fingerprint density at radius 1 is 1.31 bits per heavy atom. The number of nitrogens with zero attached hydrogens (tertiary/aromatic N) is 1. The highest BCUT2D eigenvalue weighted by atomic mass is 32.2. The van der Waals surface area contributed by atoms with Crippen molar-refractivity contribution in [2.75, 3.05) is 14.2 Å². The normalized spacial score (nSPS) is 13.9. The van der Waals surface area contributed by atoms with Gasteiger partial charge in [-0.1, -0.05) is 18.2 Å². The molecule has 0 saturated carbocycles. The van der Waals surface area contributed by atoms with Crippen LogP contribution in [0.4, 0.5) is 15.3 Å². The number of para-hydroxylation sites is 1. The Bertz CT molecular complexity index is 395. The van der Waals surface area contributed by atoms with Crippen molar-refractivity contribution in [2.45, 2.75) is 0 Å². The fourth-order valence-electron chi connectivity index (χ4n) is 1.09. The molecule has 0 bridgehead atoms. The number of rotatable bonds is 1. The maximum absolute atomic E-state index is 11.1. The number of quaternary nitrogens is 1.